The van der Waals surface area contributed by atoms with E-state index in [-0.39, 0.29) is 12.4 Å². The van der Waals surface area contributed by atoms with Gasteiger partial charge in [0.15, 0.2) is 5.82 Å². The molecule has 0 saturated heterocycles. The molecule has 1 N–H and O–H groups in total. The van der Waals surface area contributed by atoms with Gasteiger partial charge in [0.2, 0.25) is 6.39 Å². The molecule has 0 amide bonds. The van der Waals surface area contributed by atoms with Crippen molar-refractivity contribution in [1.82, 2.24) is 15.1 Å². The van der Waals surface area contributed by atoms with Crippen LogP contribution in [-0.4, -0.2) is 15.1 Å². The zero-order valence-corrected chi connectivity index (χ0v) is 8.40. The standard InChI is InChI=1S/C9H7F3N4O/c10-9(11,12)6-1-2-13-7(3-6)14-4-8-15-5-17-16-8/h1-3,5H,4H2,(H,13,14). The van der Waals surface area contributed by atoms with Gasteiger partial charge in [0.25, 0.3) is 0 Å². The van der Waals surface area contributed by atoms with Crippen molar-refractivity contribution >= 4 is 5.82 Å². The molecule has 0 aliphatic carbocycles. The molecule has 0 aliphatic heterocycles. The summed E-state index contributed by atoms with van der Waals surface area (Å²) in [6.07, 6.45) is -2.16. The number of halogens is 3. The van der Waals surface area contributed by atoms with Gasteiger partial charge in [-0.2, -0.15) is 18.2 Å². The van der Waals surface area contributed by atoms with Crippen LogP contribution in [0.5, 0.6) is 0 Å². The fraction of sp³-hybridized carbons (Fsp3) is 0.222. The predicted octanol–water partition coefficient (Wildman–Crippen LogP) is 2.10. The first-order chi connectivity index (χ1) is 8.05. The quantitative estimate of drug-likeness (QED) is 0.895. The van der Waals surface area contributed by atoms with E-state index in [0.29, 0.717) is 5.82 Å². The lowest BCUT2D eigenvalue weighted by Gasteiger charge is -2.08. The summed E-state index contributed by atoms with van der Waals surface area (Å²) in [5, 5.41) is 6.17. The minimum atomic E-state index is -4.38. The SMILES string of the molecule is FC(F)(F)c1ccnc(NCc2ncon2)c1. The molecule has 0 radical (unpaired) electrons. The summed E-state index contributed by atoms with van der Waals surface area (Å²) in [5.74, 6) is 0.439. The summed E-state index contributed by atoms with van der Waals surface area (Å²) in [6.45, 7) is 0.144. The minimum absolute atomic E-state index is 0.102. The molecule has 0 fully saturated rings. The topological polar surface area (TPSA) is 63.8 Å². The number of rotatable bonds is 3. The maximum absolute atomic E-state index is 12.4. The molecule has 2 aromatic rings. The zero-order valence-electron chi connectivity index (χ0n) is 8.40. The Balaban J connectivity index is 2.07. The molecule has 0 aliphatic rings. The zero-order chi connectivity index (χ0) is 12.3. The highest BCUT2D eigenvalue weighted by atomic mass is 19.4. The van der Waals surface area contributed by atoms with E-state index < -0.39 is 11.7 Å². The van der Waals surface area contributed by atoms with Crippen LogP contribution in [0.2, 0.25) is 0 Å². The second-order valence-corrected chi connectivity index (χ2v) is 3.13. The van der Waals surface area contributed by atoms with Gasteiger partial charge >= 0.3 is 6.18 Å². The molecular formula is C9H7F3N4O. The van der Waals surface area contributed by atoms with Gasteiger partial charge in [0.05, 0.1) is 12.1 Å². The van der Waals surface area contributed by atoms with Crippen molar-refractivity contribution in [2.45, 2.75) is 12.7 Å². The van der Waals surface area contributed by atoms with E-state index in [1.54, 1.807) is 0 Å². The second-order valence-electron chi connectivity index (χ2n) is 3.13. The van der Waals surface area contributed by atoms with Crippen molar-refractivity contribution in [1.29, 1.82) is 0 Å². The van der Waals surface area contributed by atoms with Crippen molar-refractivity contribution in [2.75, 3.05) is 5.32 Å². The number of alkyl halides is 3. The highest BCUT2D eigenvalue weighted by Crippen LogP contribution is 2.29. The maximum atomic E-state index is 12.4. The van der Waals surface area contributed by atoms with Gasteiger partial charge in [-0.1, -0.05) is 5.16 Å². The van der Waals surface area contributed by atoms with Crippen LogP contribution in [0.3, 0.4) is 0 Å². The van der Waals surface area contributed by atoms with E-state index in [1.807, 2.05) is 0 Å². The third-order valence-corrected chi connectivity index (χ3v) is 1.92. The molecule has 0 atom stereocenters. The van der Waals surface area contributed by atoms with Gasteiger partial charge in [-0.15, -0.1) is 0 Å². The number of nitrogens with zero attached hydrogens (tertiary/aromatic N) is 3. The van der Waals surface area contributed by atoms with Crippen molar-refractivity contribution in [3.63, 3.8) is 0 Å². The van der Waals surface area contributed by atoms with E-state index >= 15 is 0 Å². The monoisotopic (exact) mass is 244 g/mol. The second kappa shape index (κ2) is 4.40. The van der Waals surface area contributed by atoms with Crippen molar-refractivity contribution < 1.29 is 17.7 Å². The van der Waals surface area contributed by atoms with Crippen LogP contribution in [0.25, 0.3) is 0 Å². The number of aromatic nitrogens is 3. The van der Waals surface area contributed by atoms with Gasteiger partial charge in [-0.05, 0) is 12.1 Å². The molecule has 0 spiro atoms. The van der Waals surface area contributed by atoms with Gasteiger partial charge < -0.3 is 9.84 Å². The number of anilines is 1. The summed E-state index contributed by atoms with van der Waals surface area (Å²) < 4.78 is 41.6. The Kier molecular flexibility index (Phi) is 2.94. The van der Waals surface area contributed by atoms with Crippen LogP contribution in [-0.2, 0) is 12.7 Å². The summed E-state index contributed by atoms with van der Waals surface area (Å²) in [6, 6.07) is 1.82. The van der Waals surface area contributed by atoms with Gasteiger partial charge in [-0.25, -0.2) is 4.98 Å². The Morgan fingerprint density at radius 2 is 2.12 bits per heavy atom. The fourth-order valence-electron chi connectivity index (χ4n) is 1.14. The Hall–Kier alpha value is -2.12. The molecule has 90 valence electrons. The molecule has 2 rings (SSSR count). The lowest BCUT2D eigenvalue weighted by atomic mass is 10.2. The number of hydrogen-bond acceptors (Lipinski definition) is 5. The van der Waals surface area contributed by atoms with E-state index in [4.69, 9.17) is 0 Å². The lowest BCUT2D eigenvalue weighted by Crippen LogP contribution is -2.08. The molecule has 2 aromatic heterocycles. The summed E-state index contributed by atoms with van der Waals surface area (Å²) in [5.41, 5.74) is -0.761. The van der Waals surface area contributed by atoms with Crippen LogP contribution in [0.15, 0.2) is 29.2 Å². The summed E-state index contributed by atoms with van der Waals surface area (Å²) in [7, 11) is 0. The van der Waals surface area contributed by atoms with Crippen LogP contribution in [0, 0.1) is 0 Å². The van der Waals surface area contributed by atoms with Crippen molar-refractivity contribution in [2.24, 2.45) is 0 Å². The van der Waals surface area contributed by atoms with Crippen molar-refractivity contribution in [3.05, 3.63) is 36.1 Å². The Morgan fingerprint density at radius 3 is 2.76 bits per heavy atom. The van der Waals surface area contributed by atoms with Crippen molar-refractivity contribution in [3.8, 4) is 0 Å². The molecule has 0 aromatic carbocycles. The number of hydrogen-bond donors (Lipinski definition) is 1. The van der Waals surface area contributed by atoms with Gasteiger partial charge in [0, 0.05) is 6.20 Å². The summed E-state index contributed by atoms with van der Waals surface area (Å²) in [4.78, 5) is 7.47. The molecular weight excluding hydrogens is 237 g/mol. The van der Waals surface area contributed by atoms with E-state index in [9.17, 15) is 13.2 Å². The van der Waals surface area contributed by atoms with Crippen LogP contribution >= 0.6 is 0 Å². The molecule has 2 heterocycles. The first-order valence-electron chi connectivity index (χ1n) is 4.58. The lowest BCUT2D eigenvalue weighted by molar-refractivity contribution is -0.137. The maximum Gasteiger partial charge on any atom is 0.416 e. The average molecular weight is 244 g/mol. The number of nitrogens with one attached hydrogen (secondary N) is 1. The molecule has 8 heteroatoms. The van der Waals surface area contributed by atoms with Crippen LogP contribution < -0.4 is 5.32 Å². The van der Waals surface area contributed by atoms with E-state index in [2.05, 4.69) is 25.0 Å². The van der Waals surface area contributed by atoms with Crippen LogP contribution in [0.4, 0.5) is 19.0 Å². The third kappa shape index (κ3) is 2.92. The number of pyridine rings is 1. The average Bonchev–Trinajstić information content (AvgIpc) is 2.78. The highest BCUT2D eigenvalue weighted by molar-refractivity contribution is 5.38. The third-order valence-electron chi connectivity index (χ3n) is 1.92. The molecule has 17 heavy (non-hydrogen) atoms. The Bertz CT molecular complexity index is 483. The summed E-state index contributed by atoms with van der Waals surface area (Å²) >= 11 is 0. The Labute approximate surface area is 93.7 Å². The molecule has 0 bridgehead atoms. The first-order valence-corrected chi connectivity index (χ1v) is 4.58. The smallest absolute Gasteiger partial charge is 0.363 e. The normalized spacial score (nSPS) is 11.5. The predicted molar refractivity (Wildman–Crippen MR) is 50.9 cm³/mol. The molecule has 5 nitrogen and oxygen atoms in total. The largest absolute Gasteiger partial charge is 0.416 e. The highest BCUT2D eigenvalue weighted by Gasteiger charge is 2.30. The first kappa shape index (κ1) is 11.4. The molecule has 0 unspecified atom stereocenters. The van der Waals surface area contributed by atoms with Gasteiger partial charge in [-0.3, -0.25) is 0 Å². The fourth-order valence-corrected chi connectivity index (χ4v) is 1.14. The van der Waals surface area contributed by atoms with Gasteiger partial charge in [0.1, 0.15) is 5.82 Å². The Morgan fingerprint density at radius 1 is 1.29 bits per heavy atom. The van der Waals surface area contributed by atoms with Crippen LogP contribution in [0.1, 0.15) is 11.4 Å². The minimum Gasteiger partial charge on any atom is -0.363 e. The molecule has 0 saturated carbocycles. The van der Waals surface area contributed by atoms with E-state index in [1.165, 1.54) is 0 Å². The van der Waals surface area contributed by atoms with E-state index in [0.717, 1.165) is 24.7 Å².